The molecule has 0 radical (unpaired) electrons. The highest BCUT2D eigenvalue weighted by Crippen LogP contribution is 2.36. The molecule has 1 atom stereocenters. The van der Waals surface area contributed by atoms with Gasteiger partial charge in [0.15, 0.2) is 0 Å². The fourth-order valence-electron chi connectivity index (χ4n) is 3.32. The van der Waals surface area contributed by atoms with Crippen LogP contribution in [0, 0.1) is 5.92 Å². The van der Waals surface area contributed by atoms with Gasteiger partial charge in [0.25, 0.3) is 0 Å². The van der Waals surface area contributed by atoms with Crippen molar-refractivity contribution in [3.05, 3.63) is 64.7 Å². The number of piperidine rings is 1. The number of halogens is 4. The Morgan fingerprint density at radius 3 is 2.63 bits per heavy atom. The lowest BCUT2D eigenvalue weighted by atomic mass is 9.96. The number of rotatable bonds is 4. The van der Waals surface area contributed by atoms with Gasteiger partial charge < -0.3 is 5.32 Å². The molecule has 1 aliphatic rings. The van der Waals surface area contributed by atoms with E-state index in [0.717, 1.165) is 38.1 Å². The Labute approximate surface area is 161 Å². The molecule has 1 aliphatic heterocycles. The summed E-state index contributed by atoms with van der Waals surface area (Å²) in [6, 6.07) is 13.4. The Bertz CT molecular complexity index is 796. The lowest BCUT2D eigenvalue weighted by Gasteiger charge is -2.32. The summed E-state index contributed by atoms with van der Waals surface area (Å²) in [6.45, 7) is 2.24. The van der Waals surface area contributed by atoms with E-state index in [1.807, 2.05) is 30.3 Å². The van der Waals surface area contributed by atoms with Crippen LogP contribution in [0.15, 0.2) is 48.5 Å². The molecule has 1 fully saturated rings. The number of amides is 1. The summed E-state index contributed by atoms with van der Waals surface area (Å²) in [5, 5.41) is 2.23. The minimum atomic E-state index is -4.56. The monoisotopic (exact) mass is 396 g/mol. The van der Waals surface area contributed by atoms with Gasteiger partial charge in [-0.15, -0.1) is 0 Å². The second-order valence-corrected chi connectivity index (χ2v) is 7.15. The first-order valence-corrected chi connectivity index (χ1v) is 9.14. The minimum absolute atomic E-state index is 0.108. The number of hydrogen-bond acceptors (Lipinski definition) is 2. The average molecular weight is 397 g/mol. The normalized spacial score (nSPS) is 18.3. The number of likely N-dealkylation sites (tertiary alicyclic amines) is 1. The molecule has 1 amide bonds. The van der Waals surface area contributed by atoms with Gasteiger partial charge in [0.2, 0.25) is 5.91 Å². The molecule has 1 saturated heterocycles. The summed E-state index contributed by atoms with van der Waals surface area (Å²) >= 11 is 5.62. The zero-order valence-corrected chi connectivity index (χ0v) is 15.4. The third kappa shape index (κ3) is 5.23. The maximum Gasteiger partial charge on any atom is 0.417 e. The van der Waals surface area contributed by atoms with Crippen LogP contribution >= 0.6 is 11.6 Å². The Kier molecular flexibility index (Phi) is 6.07. The molecule has 1 N–H and O–H groups in total. The van der Waals surface area contributed by atoms with Crippen LogP contribution in [0.3, 0.4) is 0 Å². The van der Waals surface area contributed by atoms with E-state index in [9.17, 15) is 18.0 Å². The molecule has 144 valence electrons. The van der Waals surface area contributed by atoms with Crippen molar-refractivity contribution in [3.63, 3.8) is 0 Å². The number of nitrogens with one attached hydrogen (secondary N) is 1. The summed E-state index contributed by atoms with van der Waals surface area (Å²) in [5.41, 5.74) is 0.333. The largest absolute Gasteiger partial charge is 0.417 e. The van der Waals surface area contributed by atoms with Gasteiger partial charge in [0, 0.05) is 18.8 Å². The number of anilines is 1. The van der Waals surface area contributed by atoms with Crippen LogP contribution in [0.1, 0.15) is 24.0 Å². The standard InChI is InChI=1S/C20H20ClF3N2O/c21-18-9-8-16(11-17(18)20(22,23)24)25-19(27)15-7-4-10-26(13-15)12-14-5-2-1-3-6-14/h1-3,5-6,8-9,11,15H,4,7,10,12-13H2,(H,25,27). The first-order valence-electron chi connectivity index (χ1n) is 8.77. The molecular weight excluding hydrogens is 377 g/mol. The van der Waals surface area contributed by atoms with E-state index in [1.54, 1.807) is 0 Å². The zero-order chi connectivity index (χ0) is 19.4. The summed E-state index contributed by atoms with van der Waals surface area (Å²) in [6.07, 6.45) is -2.97. The average Bonchev–Trinajstić information content (AvgIpc) is 2.63. The second-order valence-electron chi connectivity index (χ2n) is 6.74. The molecule has 1 heterocycles. The van der Waals surface area contributed by atoms with Crippen molar-refractivity contribution in [1.82, 2.24) is 4.90 Å². The van der Waals surface area contributed by atoms with Crippen LogP contribution in [-0.4, -0.2) is 23.9 Å². The maximum atomic E-state index is 13.0. The van der Waals surface area contributed by atoms with Gasteiger partial charge in [-0.25, -0.2) is 0 Å². The first kappa shape index (κ1) is 19.7. The fraction of sp³-hybridized carbons (Fsp3) is 0.350. The predicted octanol–water partition coefficient (Wildman–Crippen LogP) is 5.21. The Balaban J connectivity index is 1.64. The second kappa shape index (κ2) is 8.31. The number of nitrogens with zero attached hydrogens (tertiary/aromatic N) is 1. The van der Waals surface area contributed by atoms with Crippen molar-refractivity contribution in [1.29, 1.82) is 0 Å². The Morgan fingerprint density at radius 1 is 1.19 bits per heavy atom. The molecule has 7 heteroatoms. The quantitative estimate of drug-likeness (QED) is 0.769. The molecule has 2 aromatic carbocycles. The zero-order valence-electron chi connectivity index (χ0n) is 14.6. The number of carbonyl (C=O) groups excluding carboxylic acids is 1. The maximum absolute atomic E-state index is 13.0. The third-order valence-electron chi connectivity index (χ3n) is 4.66. The molecular formula is C20H20ClF3N2O. The lowest BCUT2D eigenvalue weighted by Crippen LogP contribution is -2.40. The van der Waals surface area contributed by atoms with E-state index in [2.05, 4.69) is 10.2 Å². The van der Waals surface area contributed by atoms with Crippen molar-refractivity contribution >= 4 is 23.2 Å². The SMILES string of the molecule is O=C(Nc1ccc(Cl)c(C(F)(F)F)c1)C1CCCN(Cc2ccccc2)C1. The van der Waals surface area contributed by atoms with Crippen molar-refractivity contribution in [2.75, 3.05) is 18.4 Å². The third-order valence-corrected chi connectivity index (χ3v) is 4.99. The van der Waals surface area contributed by atoms with Gasteiger partial charge in [0.05, 0.1) is 16.5 Å². The van der Waals surface area contributed by atoms with Crippen LogP contribution in [0.4, 0.5) is 18.9 Å². The number of benzene rings is 2. The van der Waals surface area contributed by atoms with Crippen molar-refractivity contribution in [2.24, 2.45) is 5.92 Å². The molecule has 27 heavy (non-hydrogen) atoms. The van der Waals surface area contributed by atoms with E-state index in [0.29, 0.717) is 6.54 Å². The number of alkyl halides is 3. The van der Waals surface area contributed by atoms with Crippen LogP contribution in [0.5, 0.6) is 0 Å². The van der Waals surface area contributed by atoms with Crippen molar-refractivity contribution in [3.8, 4) is 0 Å². The highest BCUT2D eigenvalue weighted by atomic mass is 35.5. The molecule has 3 rings (SSSR count). The van der Waals surface area contributed by atoms with Gasteiger partial charge in [-0.05, 0) is 43.1 Å². The number of carbonyl (C=O) groups is 1. The van der Waals surface area contributed by atoms with Crippen LogP contribution in [0.2, 0.25) is 5.02 Å². The lowest BCUT2D eigenvalue weighted by molar-refractivity contribution is -0.137. The highest BCUT2D eigenvalue weighted by Gasteiger charge is 2.34. The molecule has 0 aromatic heterocycles. The number of hydrogen-bond donors (Lipinski definition) is 1. The summed E-state index contributed by atoms with van der Waals surface area (Å²) in [4.78, 5) is 14.8. The smallest absolute Gasteiger partial charge is 0.326 e. The van der Waals surface area contributed by atoms with E-state index < -0.39 is 11.7 Å². The van der Waals surface area contributed by atoms with E-state index in [4.69, 9.17) is 11.6 Å². The highest BCUT2D eigenvalue weighted by molar-refractivity contribution is 6.31. The van der Waals surface area contributed by atoms with Gasteiger partial charge >= 0.3 is 6.18 Å². The van der Waals surface area contributed by atoms with E-state index in [1.165, 1.54) is 11.6 Å². The van der Waals surface area contributed by atoms with Gasteiger partial charge in [-0.1, -0.05) is 41.9 Å². The molecule has 0 aliphatic carbocycles. The molecule has 0 spiro atoms. The van der Waals surface area contributed by atoms with E-state index >= 15 is 0 Å². The van der Waals surface area contributed by atoms with Gasteiger partial charge in [-0.3, -0.25) is 9.69 Å². The predicted molar refractivity (Wildman–Crippen MR) is 99.5 cm³/mol. The summed E-state index contributed by atoms with van der Waals surface area (Å²) in [5.74, 6) is -0.518. The van der Waals surface area contributed by atoms with Gasteiger partial charge in [-0.2, -0.15) is 13.2 Å². The molecule has 2 aromatic rings. The van der Waals surface area contributed by atoms with E-state index in [-0.39, 0.29) is 22.5 Å². The molecule has 0 saturated carbocycles. The summed E-state index contributed by atoms with van der Waals surface area (Å²) in [7, 11) is 0. The van der Waals surface area contributed by atoms with Crippen LogP contribution < -0.4 is 5.32 Å². The minimum Gasteiger partial charge on any atom is -0.326 e. The van der Waals surface area contributed by atoms with Crippen molar-refractivity contribution < 1.29 is 18.0 Å². The Hall–Kier alpha value is -2.05. The first-order chi connectivity index (χ1) is 12.8. The topological polar surface area (TPSA) is 32.3 Å². The fourth-order valence-corrected chi connectivity index (χ4v) is 3.54. The molecule has 1 unspecified atom stereocenters. The van der Waals surface area contributed by atoms with Crippen LogP contribution in [-0.2, 0) is 17.5 Å². The van der Waals surface area contributed by atoms with Crippen molar-refractivity contribution in [2.45, 2.75) is 25.6 Å². The summed E-state index contributed by atoms with van der Waals surface area (Å²) < 4.78 is 38.9. The van der Waals surface area contributed by atoms with Crippen LogP contribution in [0.25, 0.3) is 0 Å². The molecule has 0 bridgehead atoms. The molecule has 3 nitrogen and oxygen atoms in total. The Morgan fingerprint density at radius 2 is 1.93 bits per heavy atom. The van der Waals surface area contributed by atoms with Gasteiger partial charge in [0.1, 0.15) is 0 Å².